The monoisotopic (exact) mass is 339 g/mol. The number of hydrogen-bond donors (Lipinski definition) is 1. The molecule has 4 heteroatoms. The number of anilines is 1. The van der Waals surface area contributed by atoms with Crippen molar-refractivity contribution in [3.8, 4) is 0 Å². The van der Waals surface area contributed by atoms with Crippen molar-refractivity contribution in [3.63, 3.8) is 0 Å². The molecule has 1 aliphatic rings. The molecule has 3 atom stereocenters. The van der Waals surface area contributed by atoms with E-state index in [9.17, 15) is 0 Å². The smallest absolute Gasteiger partial charge is 0.0511 e. The lowest BCUT2D eigenvalue weighted by atomic mass is 10.1. The van der Waals surface area contributed by atoms with Gasteiger partial charge in [-0.2, -0.15) is 0 Å². The maximum Gasteiger partial charge on any atom is 0.0511 e. The van der Waals surface area contributed by atoms with Gasteiger partial charge in [0.15, 0.2) is 0 Å². The molecule has 1 aromatic rings. The van der Waals surface area contributed by atoms with Gasteiger partial charge in [-0.05, 0) is 67.0 Å². The zero-order chi connectivity index (χ0) is 14.9. The molecule has 2 N–H and O–H groups in total. The lowest BCUT2D eigenvalue weighted by Gasteiger charge is -2.23. The summed E-state index contributed by atoms with van der Waals surface area (Å²) < 4.78 is 1.18. The minimum Gasteiger partial charge on any atom is -0.369 e. The van der Waals surface area contributed by atoms with Crippen LogP contribution in [0.25, 0.3) is 0 Å². The predicted molar refractivity (Wildman–Crippen MR) is 90.3 cm³/mol. The molecule has 1 fully saturated rings. The minimum atomic E-state index is 0.206. The third-order valence-electron chi connectivity index (χ3n) is 4.15. The van der Waals surface area contributed by atoms with Crippen LogP contribution < -0.4 is 10.6 Å². The van der Waals surface area contributed by atoms with Crippen LogP contribution in [-0.2, 0) is 6.42 Å². The Bertz CT molecular complexity index is 459. The van der Waals surface area contributed by atoms with Crippen molar-refractivity contribution in [2.45, 2.75) is 32.4 Å². The van der Waals surface area contributed by atoms with Crippen molar-refractivity contribution in [2.24, 2.45) is 11.7 Å². The summed E-state index contributed by atoms with van der Waals surface area (Å²) in [6.07, 6.45) is 0.926. The predicted octanol–water partition coefficient (Wildman–Crippen LogP) is 2.73. The summed E-state index contributed by atoms with van der Waals surface area (Å²) in [5.74, 6) is 0.695. The molecule has 0 bridgehead atoms. The van der Waals surface area contributed by atoms with Gasteiger partial charge in [-0.25, -0.2) is 0 Å². The van der Waals surface area contributed by atoms with E-state index in [-0.39, 0.29) is 6.04 Å². The summed E-state index contributed by atoms with van der Waals surface area (Å²) in [5, 5.41) is 0. The largest absolute Gasteiger partial charge is 0.369 e. The van der Waals surface area contributed by atoms with Gasteiger partial charge in [-0.1, -0.05) is 13.0 Å². The van der Waals surface area contributed by atoms with Crippen LogP contribution in [0.5, 0.6) is 0 Å². The van der Waals surface area contributed by atoms with E-state index in [0.29, 0.717) is 12.0 Å². The summed E-state index contributed by atoms with van der Waals surface area (Å²) >= 11 is 3.73. The maximum absolute atomic E-state index is 5.87. The maximum atomic E-state index is 5.87. The quantitative estimate of drug-likeness (QED) is 0.915. The number of halogens is 1. The van der Waals surface area contributed by atoms with Crippen molar-refractivity contribution >= 4 is 21.6 Å². The van der Waals surface area contributed by atoms with E-state index >= 15 is 0 Å². The average Bonchev–Trinajstić information content (AvgIpc) is 2.70. The fourth-order valence-corrected chi connectivity index (χ4v) is 3.80. The Kier molecular flexibility index (Phi) is 5.10. The summed E-state index contributed by atoms with van der Waals surface area (Å²) in [6.45, 7) is 6.60. The molecule has 0 spiro atoms. The molecular formula is C16H26BrN3. The highest BCUT2D eigenvalue weighted by Crippen LogP contribution is 2.32. The highest BCUT2D eigenvalue weighted by atomic mass is 79.9. The summed E-state index contributed by atoms with van der Waals surface area (Å²) in [4.78, 5) is 4.82. The second kappa shape index (κ2) is 6.46. The highest BCUT2D eigenvalue weighted by Gasteiger charge is 2.31. The molecule has 3 unspecified atom stereocenters. The number of nitrogens with zero attached hydrogens (tertiary/aromatic N) is 2. The Balaban J connectivity index is 2.14. The molecule has 1 aliphatic heterocycles. The van der Waals surface area contributed by atoms with Gasteiger partial charge in [0.25, 0.3) is 0 Å². The van der Waals surface area contributed by atoms with E-state index in [1.807, 2.05) is 6.92 Å². The van der Waals surface area contributed by atoms with E-state index in [1.54, 1.807) is 0 Å². The molecule has 1 aromatic carbocycles. The second-order valence-electron chi connectivity index (χ2n) is 6.38. The van der Waals surface area contributed by atoms with E-state index in [0.717, 1.165) is 19.5 Å². The van der Waals surface area contributed by atoms with Crippen LogP contribution in [-0.4, -0.2) is 44.2 Å². The lowest BCUT2D eigenvalue weighted by Crippen LogP contribution is -2.34. The van der Waals surface area contributed by atoms with Crippen molar-refractivity contribution in [1.82, 2.24) is 4.90 Å². The van der Waals surface area contributed by atoms with E-state index in [1.165, 1.54) is 15.7 Å². The van der Waals surface area contributed by atoms with E-state index in [2.05, 4.69) is 64.9 Å². The van der Waals surface area contributed by atoms with Crippen molar-refractivity contribution in [1.29, 1.82) is 0 Å². The molecule has 0 aromatic heterocycles. The molecule has 0 aliphatic carbocycles. The molecule has 3 nitrogen and oxygen atoms in total. The highest BCUT2D eigenvalue weighted by molar-refractivity contribution is 9.10. The Morgan fingerprint density at radius 1 is 1.40 bits per heavy atom. The van der Waals surface area contributed by atoms with E-state index < -0.39 is 0 Å². The third kappa shape index (κ3) is 3.54. The zero-order valence-corrected chi connectivity index (χ0v) is 14.5. The Morgan fingerprint density at radius 3 is 2.60 bits per heavy atom. The number of likely N-dealkylation sites (N-methyl/N-ethyl adjacent to an activating group) is 1. The van der Waals surface area contributed by atoms with Crippen LogP contribution in [0.15, 0.2) is 22.7 Å². The summed E-state index contributed by atoms with van der Waals surface area (Å²) in [7, 11) is 4.34. The molecule has 112 valence electrons. The van der Waals surface area contributed by atoms with Crippen molar-refractivity contribution in [2.75, 3.05) is 32.1 Å². The Labute approximate surface area is 131 Å². The van der Waals surface area contributed by atoms with Gasteiger partial charge >= 0.3 is 0 Å². The Morgan fingerprint density at radius 2 is 2.10 bits per heavy atom. The van der Waals surface area contributed by atoms with Gasteiger partial charge < -0.3 is 15.5 Å². The fraction of sp³-hybridized carbons (Fsp3) is 0.625. The van der Waals surface area contributed by atoms with Gasteiger partial charge in [0.05, 0.1) is 5.69 Å². The van der Waals surface area contributed by atoms with Gasteiger partial charge in [0.2, 0.25) is 0 Å². The van der Waals surface area contributed by atoms with Gasteiger partial charge in [-0.3, -0.25) is 0 Å². The first kappa shape index (κ1) is 15.8. The third-order valence-corrected chi connectivity index (χ3v) is 4.78. The van der Waals surface area contributed by atoms with Crippen LogP contribution in [0.3, 0.4) is 0 Å². The molecule has 0 saturated carbocycles. The van der Waals surface area contributed by atoms with Crippen LogP contribution in [0, 0.1) is 5.92 Å². The first-order valence-corrected chi connectivity index (χ1v) is 8.13. The summed E-state index contributed by atoms with van der Waals surface area (Å²) in [5.41, 5.74) is 8.47. The van der Waals surface area contributed by atoms with Gasteiger partial charge in [0.1, 0.15) is 0 Å². The lowest BCUT2D eigenvalue weighted by molar-refractivity contribution is 0.266. The molecule has 2 rings (SSSR count). The Hall–Kier alpha value is -0.580. The molecule has 0 amide bonds. The standard InChI is InChI=1S/C16H26BrN3/c1-11-9-20(10-16(11)19(3)4)15-6-5-13(7-12(2)18)8-14(15)17/h5-6,8,11-12,16H,7,9-10,18H2,1-4H3. The second-order valence-corrected chi connectivity index (χ2v) is 7.23. The molecule has 1 heterocycles. The number of nitrogens with two attached hydrogens (primary N) is 1. The van der Waals surface area contributed by atoms with Gasteiger partial charge in [0, 0.05) is 29.6 Å². The van der Waals surface area contributed by atoms with Crippen molar-refractivity contribution in [3.05, 3.63) is 28.2 Å². The zero-order valence-electron chi connectivity index (χ0n) is 12.9. The minimum absolute atomic E-state index is 0.206. The van der Waals surface area contributed by atoms with Gasteiger partial charge in [-0.15, -0.1) is 0 Å². The summed E-state index contributed by atoms with van der Waals surface area (Å²) in [6, 6.07) is 7.49. The van der Waals surface area contributed by atoms with Crippen LogP contribution >= 0.6 is 15.9 Å². The first-order valence-electron chi connectivity index (χ1n) is 7.34. The van der Waals surface area contributed by atoms with Crippen LogP contribution in [0.1, 0.15) is 19.4 Å². The number of benzene rings is 1. The van der Waals surface area contributed by atoms with Crippen LogP contribution in [0.2, 0.25) is 0 Å². The molecule has 20 heavy (non-hydrogen) atoms. The topological polar surface area (TPSA) is 32.5 Å². The molecule has 1 saturated heterocycles. The van der Waals surface area contributed by atoms with Crippen molar-refractivity contribution < 1.29 is 0 Å². The van der Waals surface area contributed by atoms with E-state index in [4.69, 9.17) is 5.73 Å². The number of rotatable bonds is 4. The molecule has 0 radical (unpaired) electrons. The van der Waals surface area contributed by atoms with Crippen LogP contribution in [0.4, 0.5) is 5.69 Å². The average molecular weight is 340 g/mol. The fourth-order valence-electron chi connectivity index (χ4n) is 3.12. The SMILES string of the molecule is CC(N)Cc1ccc(N2CC(C)C(N(C)C)C2)c(Br)c1. The first-order chi connectivity index (χ1) is 9.38. The molecular weight excluding hydrogens is 314 g/mol. The number of hydrogen-bond acceptors (Lipinski definition) is 3. The normalized spacial score (nSPS) is 24.4.